The van der Waals surface area contributed by atoms with E-state index in [2.05, 4.69) is 20.4 Å². The van der Waals surface area contributed by atoms with E-state index in [-0.39, 0.29) is 0 Å². The third-order valence-electron chi connectivity index (χ3n) is 1.59. The Labute approximate surface area is 74.4 Å². The van der Waals surface area contributed by atoms with Crippen molar-refractivity contribution in [2.24, 2.45) is 5.73 Å². The minimum absolute atomic E-state index is 0.312. The second-order valence-corrected chi connectivity index (χ2v) is 4.05. The average Bonchev–Trinajstić information content (AvgIpc) is 2.00. The maximum absolute atomic E-state index is 5.85. The topological polar surface area (TPSA) is 26.0 Å². The van der Waals surface area contributed by atoms with E-state index in [1.807, 2.05) is 11.8 Å². The van der Waals surface area contributed by atoms with Gasteiger partial charge < -0.3 is 5.73 Å². The zero-order valence-corrected chi connectivity index (χ0v) is 8.41. The van der Waals surface area contributed by atoms with Crippen LogP contribution in [0.4, 0.5) is 0 Å². The molecule has 11 heavy (non-hydrogen) atoms. The first-order valence-electron chi connectivity index (χ1n) is 4.20. The summed E-state index contributed by atoms with van der Waals surface area (Å²) in [5.41, 5.74) is 7.13. The van der Waals surface area contributed by atoms with Crippen molar-refractivity contribution in [1.29, 1.82) is 0 Å². The molecule has 0 saturated heterocycles. The average molecular weight is 173 g/mol. The van der Waals surface area contributed by atoms with Gasteiger partial charge in [0.25, 0.3) is 0 Å². The Morgan fingerprint density at radius 2 is 2.18 bits per heavy atom. The maximum atomic E-state index is 5.85. The van der Waals surface area contributed by atoms with Crippen molar-refractivity contribution in [1.82, 2.24) is 0 Å². The maximum Gasteiger partial charge on any atom is 0.0167 e. The van der Waals surface area contributed by atoms with Crippen molar-refractivity contribution in [3.8, 4) is 0 Å². The van der Waals surface area contributed by atoms with Gasteiger partial charge in [-0.1, -0.05) is 26.0 Å². The summed E-state index contributed by atoms with van der Waals surface area (Å²) in [6, 6.07) is 0.312. The van der Waals surface area contributed by atoms with Crippen LogP contribution in [-0.4, -0.2) is 17.5 Å². The highest BCUT2D eigenvalue weighted by molar-refractivity contribution is 7.99. The highest BCUT2D eigenvalue weighted by Gasteiger charge is 2.02. The van der Waals surface area contributed by atoms with Crippen LogP contribution in [-0.2, 0) is 0 Å². The molecule has 2 heteroatoms. The van der Waals surface area contributed by atoms with Crippen LogP contribution in [0.3, 0.4) is 0 Å². The number of rotatable bonds is 6. The zero-order valence-electron chi connectivity index (χ0n) is 7.60. The molecule has 0 aliphatic heterocycles. The smallest absolute Gasteiger partial charge is 0.0167 e. The van der Waals surface area contributed by atoms with E-state index in [0.29, 0.717) is 6.04 Å². The van der Waals surface area contributed by atoms with Crippen LogP contribution >= 0.6 is 11.8 Å². The molecule has 0 aromatic heterocycles. The van der Waals surface area contributed by atoms with Gasteiger partial charge in [-0.05, 0) is 18.6 Å². The van der Waals surface area contributed by atoms with Gasteiger partial charge in [0.1, 0.15) is 0 Å². The van der Waals surface area contributed by atoms with Gasteiger partial charge in [-0.15, -0.1) is 0 Å². The molecular weight excluding hydrogens is 154 g/mol. The Morgan fingerprint density at radius 1 is 1.55 bits per heavy atom. The lowest BCUT2D eigenvalue weighted by Gasteiger charge is -2.10. The Balaban J connectivity index is 3.35. The molecular formula is C9H19NS. The first kappa shape index (κ1) is 11.1. The summed E-state index contributed by atoms with van der Waals surface area (Å²) < 4.78 is 0. The van der Waals surface area contributed by atoms with Crippen LogP contribution in [0.5, 0.6) is 0 Å². The quantitative estimate of drug-likeness (QED) is 0.624. The highest BCUT2D eigenvalue weighted by Crippen LogP contribution is 2.09. The van der Waals surface area contributed by atoms with Crippen molar-refractivity contribution < 1.29 is 0 Å². The standard InChI is InChI=1S/C9H19NS/c1-4-8(3)6-9(10)7-11-5-2/h9H,3-7,10H2,1-2H3. The SMILES string of the molecule is C=C(CC)CC(N)CSCC. The van der Waals surface area contributed by atoms with E-state index in [0.717, 1.165) is 24.3 Å². The largest absolute Gasteiger partial charge is 0.327 e. The molecule has 0 heterocycles. The number of hydrogen-bond donors (Lipinski definition) is 1. The first-order chi connectivity index (χ1) is 5.20. The fourth-order valence-corrected chi connectivity index (χ4v) is 1.50. The van der Waals surface area contributed by atoms with Gasteiger partial charge in [0, 0.05) is 11.8 Å². The lowest BCUT2D eigenvalue weighted by molar-refractivity contribution is 0.726. The lowest BCUT2D eigenvalue weighted by Crippen LogP contribution is -2.23. The Morgan fingerprint density at radius 3 is 2.64 bits per heavy atom. The van der Waals surface area contributed by atoms with Crippen molar-refractivity contribution in [2.75, 3.05) is 11.5 Å². The van der Waals surface area contributed by atoms with Crippen molar-refractivity contribution in [3.63, 3.8) is 0 Å². The molecule has 1 unspecified atom stereocenters. The molecule has 0 aliphatic rings. The van der Waals surface area contributed by atoms with Gasteiger partial charge in [-0.25, -0.2) is 0 Å². The van der Waals surface area contributed by atoms with Gasteiger partial charge in [0.05, 0.1) is 0 Å². The molecule has 0 amide bonds. The molecule has 0 rings (SSSR count). The Bertz CT molecular complexity index is 112. The summed E-state index contributed by atoms with van der Waals surface area (Å²) in [6.45, 7) is 8.22. The van der Waals surface area contributed by atoms with E-state index in [4.69, 9.17) is 5.73 Å². The zero-order chi connectivity index (χ0) is 8.69. The lowest BCUT2D eigenvalue weighted by atomic mass is 10.1. The molecule has 0 bridgehead atoms. The van der Waals surface area contributed by atoms with Crippen LogP contribution in [0, 0.1) is 0 Å². The molecule has 1 atom stereocenters. The van der Waals surface area contributed by atoms with Crippen LogP contribution < -0.4 is 5.73 Å². The predicted molar refractivity (Wildman–Crippen MR) is 55.0 cm³/mol. The fraction of sp³-hybridized carbons (Fsp3) is 0.778. The molecule has 1 nitrogen and oxygen atoms in total. The highest BCUT2D eigenvalue weighted by atomic mass is 32.2. The molecule has 0 saturated carbocycles. The predicted octanol–water partition coefficient (Wildman–Crippen LogP) is 2.42. The van der Waals surface area contributed by atoms with Crippen LogP contribution in [0.1, 0.15) is 26.7 Å². The van der Waals surface area contributed by atoms with E-state index in [1.54, 1.807) is 0 Å². The van der Waals surface area contributed by atoms with E-state index >= 15 is 0 Å². The summed E-state index contributed by atoms with van der Waals surface area (Å²) in [5.74, 6) is 2.22. The third kappa shape index (κ3) is 6.45. The minimum atomic E-state index is 0.312. The number of hydrogen-bond acceptors (Lipinski definition) is 2. The summed E-state index contributed by atoms with van der Waals surface area (Å²) in [5, 5.41) is 0. The van der Waals surface area contributed by atoms with Gasteiger partial charge in [-0.2, -0.15) is 11.8 Å². The summed E-state index contributed by atoms with van der Waals surface area (Å²) in [7, 11) is 0. The fourth-order valence-electron chi connectivity index (χ4n) is 0.843. The van der Waals surface area contributed by atoms with E-state index < -0.39 is 0 Å². The van der Waals surface area contributed by atoms with Crippen LogP contribution in [0.2, 0.25) is 0 Å². The molecule has 0 spiro atoms. The van der Waals surface area contributed by atoms with E-state index in [1.165, 1.54) is 5.57 Å². The molecule has 66 valence electrons. The number of nitrogens with two attached hydrogens (primary N) is 1. The van der Waals surface area contributed by atoms with Crippen LogP contribution in [0.25, 0.3) is 0 Å². The molecule has 0 radical (unpaired) electrons. The first-order valence-corrected chi connectivity index (χ1v) is 5.36. The van der Waals surface area contributed by atoms with Crippen molar-refractivity contribution >= 4 is 11.8 Å². The second-order valence-electron chi connectivity index (χ2n) is 2.73. The van der Waals surface area contributed by atoms with Gasteiger partial charge in [0.2, 0.25) is 0 Å². The van der Waals surface area contributed by atoms with Crippen molar-refractivity contribution in [2.45, 2.75) is 32.7 Å². The van der Waals surface area contributed by atoms with Crippen molar-refractivity contribution in [3.05, 3.63) is 12.2 Å². The Kier molecular flexibility index (Phi) is 6.77. The summed E-state index contributed by atoms with van der Waals surface area (Å²) >= 11 is 1.90. The molecule has 2 N–H and O–H groups in total. The Hall–Kier alpha value is 0.0500. The third-order valence-corrected chi connectivity index (χ3v) is 2.66. The molecule has 0 aromatic carbocycles. The number of thioether (sulfide) groups is 1. The summed E-state index contributed by atoms with van der Waals surface area (Å²) in [6.07, 6.45) is 2.05. The van der Waals surface area contributed by atoms with Crippen LogP contribution in [0.15, 0.2) is 12.2 Å². The molecule has 0 aromatic rings. The second kappa shape index (κ2) is 6.74. The normalized spacial score (nSPS) is 13.0. The van der Waals surface area contributed by atoms with E-state index in [9.17, 15) is 0 Å². The monoisotopic (exact) mass is 173 g/mol. The molecule has 0 fully saturated rings. The summed E-state index contributed by atoms with van der Waals surface area (Å²) in [4.78, 5) is 0. The molecule has 0 aliphatic carbocycles. The van der Waals surface area contributed by atoms with Gasteiger partial charge in [0.15, 0.2) is 0 Å². The van der Waals surface area contributed by atoms with Gasteiger partial charge in [-0.3, -0.25) is 0 Å². The van der Waals surface area contributed by atoms with Gasteiger partial charge >= 0.3 is 0 Å². The minimum Gasteiger partial charge on any atom is -0.327 e.